The standard InChI is InChI=1S/C23H24N6O4/c1-13-20-23(26-17-10-18(31-3)21(33-5)19(11-17)32-4)27-22(28-29(20)14(2)25-13)15-6-8-16(9-7-15)24-12-30/h6-12H,1-5H3,(H,24,30)(H,26,27,28). The van der Waals surface area contributed by atoms with E-state index in [-0.39, 0.29) is 0 Å². The Morgan fingerprint density at radius 3 is 2.15 bits per heavy atom. The number of anilines is 3. The van der Waals surface area contributed by atoms with Gasteiger partial charge in [-0.05, 0) is 38.1 Å². The third kappa shape index (κ3) is 4.10. The quantitative estimate of drug-likeness (QED) is 0.392. The fourth-order valence-electron chi connectivity index (χ4n) is 3.61. The van der Waals surface area contributed by atoms with E-state index in [1.807, 2.05) is 26.0 Å². The molecule has 2 aromatic carbocycles. The lowest BCUT2D eigenvalue weighted by Gasteiger charge is -2.16. The SMILES string of the molecule is COc1cc(Nc2nc(-c3ccc(NC=O)cc3)nn3c(C)nc(C)c23)cc(OC)c1OC. The second-order valence-electron chi connectivity index (χ2n) is 7.17. The first-order valence-electron chi connectivity index (χ1n) is 10.1. The van der Waals surface area contributed by atoms with Crippen molar-refractivity contribution in [1.82, 2.24) is 19.6 Å². The van der Waals surface area contributed by atoms with Gasteiger partial charge >= 0.3 is 0 Å². The molecule has 2 aromatic heterocycles. The number of hydrogen-bond acceptors (Lipinski definition) is 8. The van der Waals surface area contributed by atoms with Gasteiger partial charge < -0.3 is 24.8 Å². The number of ether oxygens (including phenoxy) is 3. The zero-order valence-corrected chi connectivity index (χ0v) is 19.0. The molecular weight excluding hydrogens is 424 g/mol. The van der Waals surface area contributed by atoms with Gasteiger partial charge in [0.05, 0.1) is 27.0 Å². The summed E-state index contributed by atoms with van der Waals surface area (Å²) in [7, 11) is 4.69. The Morgan fingerprint density at radius 2 is 1.58 bits per heavy atom. The molecule has 0 aliphatic heterocycles. The number of nitrogens with one attached hydrogen (secondary N) is 2. The number of nitrogens with zero attached hydrogens (tertiary/aromatic N) is 4. The van der Waals surface area contributed by atoms with Gasteiger partial charge in [0.1, 0.15) is 11.3 Å². The summed E-state index contributed by atoms with van der Waals surface area (Å²) in [6.45, 7) is 3.79. The van der Waals surface area contributed by atoms with Crippen molar-refractivity contribution in [1.29, 1.82) is 0 Å². The van der Waals surface area contributed by atoms with Crippen LogP contribution in [0.4, 0.5) is 17.2 Å². The van der Waals surface area contributed by atoms with Crippen molar-refractivity contribution in [2.75, 3.05) is 32.0 Å². The van der Waals surface area contributed by atoms with E-state index in [4.69, 9.17) is 19.2 Å². The number of rotatable bonds is 8. The van der Waals surface area contributed by atoms with Crippen LogP contribution >= 0.6 is 0 Å². The van der Waals surface area contributed by atoms with Gasteiger partial charge in [-0.15, -0.1) is 5.10 Å². The number of hydrogen-bond donors (Lipinski definition) is 2. The number of amides is 1. The molecule has 33 heavy (non-hydrogen) atoms. The second kappa shape index (κ2) is 9.03. The average Bonchev–Trinajstić information content (AvgIpc) is 3.12. The monoisotopic (exact) mass is 448 g/mol. The van der Waals surface area contributed by atoms with E-state index in [2.05, 4.69) is 20.7 Å². The summed E-state index contributed by atoms with van der Waals surface area (Å²) in [6, 6.07) is 10.9. The Balaban J connectivity index is 1.84. The molecule has 0 aliphatic rings. The van der Waals surface area contributed by atoms with Crippen molar-refractivity contribution in [2.24, 2.45) is 0 Å². The molecule has 0 bridgehead atoms. The second-order valence-corrected chi connectivity index (χ2v) is 7.17. The van der Waals surface area contributed by atoms with Crippen LogP contribution in [-0.4, -0.2) is 47.3 Å². The van der Waals surface area contributed by atoms with Gasteiger partial charge in [0.15, 0.2) is 23.1 Å². The van der Waals surface area contributed by atoms with Gasteiger partial charge in [-0.3, -0.25) is 4.79 Å². The van der Waals surface area contributed by atoms with Crippen molar-refractivity contribution in [3.63, 3.8) is 0 Å². The number of aromatic nitrogens is 4. The molecule has 2 N–H and O–H groups in total. The molecule has 0 radical (unpaired) electrons. The fourth-order valence-corrected chi connectivity index (χ4v) is 3.61. The van der Waals surface area contributed by atoms with Crippen LogP contribution in [0.5, 0.6) is 17.2 Å². The molecule has 10 heteroatoms. The van der Waals surface area contributed by atoms with Crippen LogP contribution in [-0.2, 0) is 4.79 Å². The Morgan fingerprint density at radius 1 is 0.909 bits per heavy atom. The number of aryl methyl sites for hydroxylation is 2. The topological polar surface area (TPSA) is 112 Å². The van der Waals surface area contributed by atoms with Crippen molar-refractivity contribution >= 4 is 29.1 Å². The van der Waals surface area contributed by atoms with Gasteiger partial charge in [0.25, 0.3) is 0 Å². The van der Waals surface area contributed by atoms with Crippen LogP contribution in [0.3, 0.4) is 0 Å². The summed E-state index contributed by atoms with van der Waals surface area (Å²) in [5.41, 5.74) is 3.70. The van der Waals surface area contributed by atoms with E-state index in [1.165, 1.54) is 0 Å². The number of carbonyl (C=O) groups excluding carboxylic acids is 1. The first-order chi connectivity index (χ1) is 16.0. The normalized spacial score (nSPS) is 10.7. The number of imidazole rings is 1. The van der Waals surface area contributed by atoms with Gasteiger partial charge in [-0.25, -0.2) is 14.5 Å². The first-order valence-corrected chi connectivity index (χ1v) is 10.1. The van der Waals surface area contributed by atoms with E-state index in [1.54, 1.807) is 50.1 Å². The van der Waals surface area contributed by atoms with Gasteiger partial charge in [-0.1, -0.05) is 0 Å². The lowest BCUT2D eigenvalue weighted by atomic mass is 10.2. The minimum Gasteiger partial charge on any atom is -0.493 e. The number of carbonyl (C=O) groups is 1. The number of methoxy groups -OCH3 is 3. The highest BCUT2D eigenvalue weighted by Gasteiger charge is 2.18. The van der Waals surface area contributed by atoms with Crippen LogP contribution in [0, 0.1) is 13.8 Å². The van der Waals surface area contributed by atoms with Crippen LogP contribution in [0.1, 0.15) is 11.5 Å². The zero-order chi connectivity index (χ0) is 23.5. The van der Waals surface area contributed by atoms with E-state index < -0.39 is 0 Å². The molecule has 0 fully saturated rings. The van der Waals surface area contributed by atoms with E-state index in [9.17, 15) is 4.79 Å². The highest BCUT2D eigenvalue weighted by atomic mass is 16.5. The summed E-state index contributed by atoms with van der Waals surface area (Å²) >= 11 is 0. The lowest BCUT2D eigenvalue weighted by molar-refractivity contribution is -0.105. The van der Waals surface area contributed by atoms with Crippen LogP contribution in [0.25, 0.3) is 16.9 Å². The predicted octanol–water partition coefficient (Wildman–Crippen LogP) is 3.75. The molecular formula is C23H24N6O4. The van der Waals surface area contributed by atoms with Gasteiger partial charge in [0, 0.05) is 29.1 Å². The Labute approximate surface area is 190 Å². The van der Waals surface area contributed by atoms with Crippen LogP contribution < -0.4 is 24.8 Å². The minimum absolute atomic E-state index is 0.496. The van der Waals surface area contributed by atoms with Crippen LogP contribution in [0.15, 0.2) is 36.4 Å². The fraction of sp³-hybridized carbons (Fsp3) is 0.217. The molecule has 2 heterocycles. The minimum atomic E-state index is 0.496. The first kappa shape index (κ1) is 21.9. The maximum Gasteiger partial charge on any atom is 0.211 e. The maximum atomic E-state index is 10.7. The predicted molar refractivity (Wildman–Crippen MR) is 125 cm³/mol. The summed E-state index contributed by atoms with van der Waals surface area (Å²) in [4.78, 5) is 20.0. The van der Waals surface area contributed by atoms with Crippen molar-refractivity contribution in [2.45, 2.75) is 13.8 Å². The van der Waals surface area contributed by atoms with Gasteiger partial charge in [-0.2, -0.15) is 0 Å². The van der Waals surface area contributed by atoms with E-state index >= 15 is 0 Å². The smallest absolute Gasteiger partial charge is 0.211 e. The molecule has 0 aliphatic carbocycles. The number of benzene rings is 2. The Kier molecular flexibility index (Phi) is 5.99. The van der Waals surface area contributed by atoms with Crippen molar-refractivity contribution in [3.05, 3.63) is 47.9 Å². The van der Waals surface area contributed by atoms with E-state index in [0.29, 0.717) is 46.7 Å². The summed E-state index contributed by atoms with van der Waals surface area (Å²) in [5.74, 6) is 3.34. The van der Waals surface area contributed by atoms with E-state index in [0.717, 1.165) is 22.6 Å². The molecule has 0 atom stereocenters. The molecule has 0 spiro atoms. The number of fused-ring (bicyclic) bond motifs is 1. The molecule has 0 saturated heterocycles. The summed E-state index contributed by atoms with van der Waals surface area (Å²) < 4.78 is 18.1. The van der Waals surface area contributed by atoms with Crippen molar-refractivity contribution < 1.29 is 19.0 Å². The highest BCUT2D eigenvalue weighted by molar-refractivity contribution is 5.79. The Bertz CT molecular complexity index is 1290. The zero-order valence-electron chi connectivity index (χ0n) is 19.0. The molecule has 0 saturated carbocycles. The molecule has 4 rings (SSSR count). The van der Waals surface area contributed by atoms with Crippen molar-refractivity contribution in [3.8, 4) is 28.6 Å². The lowest BCUT2D eigenvalue weighted by Crippen LogP contribution is -2.06. The van der Waals surface area contributed by atoms with Crippen LogP contribution in [0.2, 0.25) is 0 Å². The molecule has 1 amide bonds. The molecule has 170 valence electrons. The largest absolute Gasteiger partial charge is 0.493 e. The molecule has 0 unspecified atom stereocenters. The summed E-state index contributed by atoms with van der Waals surface area (Å²) in [5, 5.41) is 10.7. The maximum absolute atomic E-state index is 10.7. The third-order valence-electron chi connectivity index (χ3n) is 5.12. The highest BCUT2D eigenvalue weighted by Crippen LogP contribution is 2.41. The Hall–Kier alpha value is -4.34. The summed E-state index contributed by atoms with van der Waals surface area (Å²) in [6.07, 6.45) is 0.634. The third-order valence-corrected chi connectivity index (χ3v) is 5.12. The van der Waals surface area contributed by atoms with Gasteiger partial charge in [0.2, 0.25) is 12.2 Å². The molecule has 4 aromatic rings. The average molecular weight is 448 g/mol. The molecule has 10 nitrogen and oxygen atoms in total.